The van der Waals surface area contributed by atoms with E-state index in [0.29, 0.717) is 26.1 Å². The van der Waals surface area contributed by atoms with Gasteiger partial charge in [-0.1, -0.05) is 94.8 Å². The van der Waals surface area contributed by atoms with E-state index >= 15 is 0 Å². The summed E-state index contributed by atoms with van der Waals surface area (Å²) in [6.45, 7) is 2.17. The zero-order valence-electron chi connectivity index (χ0n) is 21.7. The van der Waals surface area contributed by atoms with Crippen LogP contribution in [0.1, 0.15) is 29.9 Å². The van der Waals surface area contributed by atoms with Gasteiger partial charge in [-0.05, 0) is 46.5 Å². The number of rotatable bonds is 7. The van der Waals surface area contributed by atoms with Crippen LogP contribution in [0.25, 0.3) is 12.2 Å². The largest absolute Gasteiger partial charge is 0.344 e. The van der Waals surface area contributed by atoms with Gasteiger partial charge in [-0.15, -0.1) is 0 Å². The highest BCUT2D eigenvalue weighted by atomic mass is 79.9. The van der Waals surface area contributed by atoms with Crippen molar-refractivity contribution >= 4 is 39.9 Å². The fraction of sp³-hybridized carbons (Fsp3) is 0.312. The van der Waals surface area contributed by atoms with Crippen molar-refractivity contribution in [1.82, 2.24) is 15.1 Å². The van der Waals surface area contributed by atoms with Gasteiger partial charge in [0.2, 0.25) is 11.8 Å². The van der Waals surface area contributed by atoms with Crippen LogP contribution in [0, 0.1) is 5.92 Å². The molecule has 1 heterocycles. The summed E-state index contributed by atoms with van der Waals surface area (Å²) in [5.74, 6) is 0.187. The number of benzene rings is 3. The van der Waals surface area contributed by atoms with Crippen molar-refractivity contribution in [1.29, 1.82) is 0 Å². The Hall–Kier alpha value is -3.22. The average Bonchev–Trinajstić information content (AvgIpc) is 3.12. The molecule has 0 aromatic heterocycles. The smallest absolute Gasteiger partial charge is 0.236 e. The predicted octanol–water partition coefficient (Wildman–Crippen LogP) is 3.51. The Morgan fingerprint density at radius 2 is 1.71 bits per heavy atom. The lowest BCUT2D eigenvalue weighted by Crippen LogP contribution is -2.45. The van der Waals surface area contributed by atoms with E-state index in [4.69, 9.17) is 0 Å². The molecule has 38 heavy (non-hydrogen) atoms. The molecule has 6 heteroatoms. The van der Waals surface area contributed by atoms with Gasteiger partial charge in [0.05, 0.1) is 12.5 Å². The molecule has 0 radical (unpaired) electrons. The number of carbonyl (C=O) groups is 2. The zero-order valence-corrected chi connectivity index (χ0v) is 23.3. The molecule has 5 nitrogen and oxygen atoms in total. The van der Waals surface area contributed by atoms with Crippen molar-refractivity contribution in [2.45, 2.75) is 24.8 Å². The molecule has 2 aliphatic rings. The Bertz CT molecular complexity index is 1350. The third-order valence-corrected chi connectivity index (χ3v) is 8.15. The van der Waals surface area contributed by atoms with Crippen LogP contribution in [-0.2, 0) is 9.59 Å². The second-order valence-corrected chi connectivity index (χ2v) is 11.2. The fourth-order valence-electron chi connectivity index (χ4n) is 5.51. The molecule has 1 fully saturated rings. The molecule has 0 spiro atoms. The first-order chi connectivity index (χ1) is 18.5. The maximum Gasteiger partial charge on any atom is 0.236 e. The minimum Gasteiger partial charge on any atom is -0.344 e. The molecule has 5 rings (SSSR count). The average molecular weight is 573 g/mol. The number of carbonyl (C=O) groups excluding carboxylic acids is 2. The van der Waals surface area contributed by atoms with E-state index in [2.05, 4.69) is 94.1 Å². The number of fused-ring (bicyclic) bond motifs is 1. The molecule has 196 valence electrons. The van der Waals surface area contributed by atoms with Crippen LogP contribution >= 0.6 is 15.9 Å². The van der Waals surface area contributed by atoms with Gasteiger partial charge in [-0.2, -0.15) is 0 Å². The molecule has 1 unspecified atom stereocenters. The van der Waals surface area contributed by atoms with E-state index in [-0.39, 0.29) is 36.2 Å². The molecule has 1 saturated heterocycles. The van der Waals surface area contributed by atoms with E-state index in [1.807, 2.05) is 35.0 Å². The Morgan fingerprint density at radius 1 is 1.03 bits per heavy atom. The molecular weight excluding hydrogens is 538 g/mol. The van der Waals surface area contributed by atoms with Gasteiger partial charge in [-0.3, -0.25) is 9.59 Å². The summed E-state index contributed by atoms with van der Waals surface area (Å²) in [6.07, 6.45) is 5.74. The normalized spacial score (nSPS) is 19.2. The van der Waals surface area contributed by atoms with Crippen LogP contribution in [0.4, 0.5) is 0 Å². The van der Waals surface area contributed by atoms with Gasteiger partial charge >= 0.3 is 0 Å². The first kappa shape index (κ1) is 26.4. The standard InChI is InChI=1S/C32H34BrN3O2/c1-35(32(38)27-13-12-26-19-28(33)15-14-25(26)18-27)21-29-16-17-36(31(37)20-34-29)22-30(23-8-4-2-5-9-23)24-10-6-3-7-11-24/h2-12,14-15,18-19,27,29-30,34H,13,16-17,20-22H2,1H3/t27?,29-/m0/s1. The summed E-state index contributed by atoms with van der Waals surface area (Å²) in [7, 11) is 1.88. The maximum absolute atomic E-state index is 13.3. The highest BCUT2D eigenvalue weighted by Gasteiger charge is 2.28. The third kappa shape index (κ3) is 6.25. The van der Waals surface area contributed by atoms with Crippen LogP contribution in [0.15, 0.2) is 83.3 Å². The number of amides is 2. The van der Waals surface area contributed by atoms with Crippen LogP contribution in [0.3, 0.4) is 0 Å². The fourth-order valence-corrected chi connectivity index (χ4v) is 5.89. The Balaban J connectivity index is 1.23. The number of nitrogens with zero attached hydrogens (tertiary/aromatic N) is 2. The molecule has 0 saturated carbocycles. The Labute approximate surface area is 233 Å². The van der Waals surface area contributed by atoms with E-state index in [1.54, 1.807) is 0 Å². The summed E-state index contributed by atoms with van der Waals surface area (Å²) in [5, 5.41) is 5.69. The van der Waals surface area contributed by atoms with Gasteiger partial charge in [-0.25, -0.2) is 0 Å². The van der Waals surface area contributed by atoms with Crippen LogP contribution in [-0.4, -0.2) is 60.9 Å². The number of hydrogen-bond donors (Lipinski definition) is 1. The first-order valence-corrected chi connectivity index (χ1v) is 14.1. The Kier molecular flexibility index (Phi) is 8.40. The van der Waals surface area contributed by atoms with Crippen LogP contribution in [0.5, 0.6) is 0 Å². The summed E-state index contributed by atoms with van der Waals surface area (Å²) in [5.41, 5.74) is 2.42. The SMILES string of the molecule is CN(C[C@@H]1CCN(CC(c2ccccc2)c2ccccc2)C(=O)CN1)C(=O)C1C=c2ccc(Br)cc2=CC1. The second kappa shape index (κ2) is 12.1. The minimum atomic E-state index is -0.157. The van der Waals surface area contributed by atoms with Crippen molar-refractivity contribution in [3.63, 3.8) is 0 Å². The van der Waals surface area contributed by atoms with Gasteiger partial charge in [0.1, 0.15) is 0 Å². The highest BCUT2D eigenvalue weighted by Crippen LogP contribution is 2.26. The summed E-state index contributed by atoms with van der Waals surface area (Å²) >= 11 is 3.52. The quantitative estimate of drug-likeness (QED) is 0.472. The number of halogens is 1. The summed E-state index contributed by atoms with van der Waals surface area (Å²) in [4.78, 5) is 30.2. The lowest BCUT2D eigenvalue weighted by Gasteiger charge is -2.28. The maximum atomic E-state index is 13.3. The van der Waals surface area contributed by atoms with Crippen molar-refractivity contribution in [3.05, 3.63) is 105 Å². The van der Waals surface area contributed by atoms with E-state index < -0.39 is 0 Å². The lowest BCUT2D eigenvalue weighted by molar-refractivity contribution is -0.132. The summed E-state index contributed by atoms with van der Waals surface area (Å²) in [6, 6.07) is 27.0. The molecule has 2 amide bonds. The zero-order chi connectivity index (χ0) is 26.5. The number of nitrogens with one attached hydrogen (secondary N) is 1. The highest BCUT2D eigenvalue weighted by molar-refractivity contribution is 9.10. The van der Waals surface area contributed by atoms with E-state index in [1.165, 1.54) is 16.3 Å². The van der Waals surface area contributed by atoms with Gasteiger partial charge in [0.15, 0.2) is 0 Å². The molecule has 2 atom stereocenters. The Morgan fingerprint density at radius 3 is 2.39 bits per heavy atom. The van der Waals surface area contributed by atoms with Gasteiger partial charge in [0, 0.05) is 43.1 Å². The van der Waals surface area contributed by atoms with E-state index in [0.717, 1.165) is 16.1 Å². The van der Waals surface area contributed by atoms with Crippen molar-refractivity contribution in [2.24, 2.45) is 5.92 Å². The minimum absolute atomic E-state index is 0.0700. The molecule has 1 aliphatic heterocycles. The summed E-state index contributed by atoms with van der Waals surface area (Å²) < 4.78 is 1.05. The topological polar surface area (TPSA) is 52.6 Å². The lowest BCUT2D eigenvalue weighted by atomic mass is 9.90. The number of likely N-dealkylation sites (N-methyl/N-ethyl adjacent to an activating group) is 1. The molecule has 1 aliphatic carbocycles. The molecule has 3 aromatic rings. The predicted molar refractivity (Wildman–Crippen MR) is 156 cm³/mol. The molecule has 3 aromatic carbocycles. The van der Waals surface area contributed by atoms with Gasteiger partial charge < -0.3 is 15.1 Å². The van der Waals surface area contributed by atoms with Crippen molar-refractivity contribution < 1.29 is 9.59 Å². The van der Waals surface area contributed by atoms with Crippen molar-refractivity contribution in [3.8, 4) is 0 Å². The van der Waals surface area contributed by atoms with E-state index in [9.17, 15) is 9.59 Å². The monoisotopic (exact) mass is 571 g/mol. The molecule has 0 bridgehead atoms. The van der Waals surface area contributed by atoms with Crippen LogP contribution in [0.2, 0.25) is 0 Å². The molecular formula is C32H34BrN3O2. The first-order valence-electron chi connectivity index (χ1n) is 13.3. The third-order valence-electron chi connectivity index (χ3n) is 7.66. The number of hydrogen-bond acceptors (Lipinski definition) is 3. The van der Waals surface area contributed by atoms with Crippen molar-refractivity contribution in [2.75, 3.05) is 33.2 Å². The van der Waals surface area contributed by atoms with Gasteiger partial charge in [0.25, 0.3) is 0 Å². The second-order valence-electron chi connectivity index (χ2n) is 10.3. The molecule has 1 N–H and O–H groups in total. The van der Waals surface area contributed by atoms with Crippen LogP contribution < -0.4 is 15.8 Å².